The number of hydrogen-bond donors (Lipinski definition) is 4. The quantitative estimate of drug-likeness (QED) is 0.529. The second-order valence-electron chi connectivity index (χ2n) is 9.88. The molecule has 7 heteroatoms. The average Bonchev–Trinajstić information content (AvgIpc) is 2.78. The first kappa shape index (κ1) is 22.8. The third-order valence-electron chi connectivity index (χ3n) is 6.69. The van der Waals surface area contributed by atoms with E-state index in [-0.39, 0.29) is 12.3 Å². The van der Waals surface area contributed by atoms with Gasteiger partial charge in [-0.1, -0.05) is 38.1 Å². The van der Waals surface area contributed by atoms with Crippen LogP contribution >= 0.6 is 0 Å². The minimum Gasteiger partial charge on any atom is -0.356 e. The number of urea groups is 1. The summed E-state index contributed by atoms with van der Waals surface area (Å²) in [6.45, 7) is 5.05. The highest BCUT2D eigenvalue weighted by Crippen LogP contribution is 2.42. The van der Waals surface area contributed by atoms with E-state index in [0.29, 0.717) is 17.9 Å². The molecule has 1 heterocycles. The first-order valence-electron chi connectivity index (χ1n) is 11.6. The standard InChI is InChI=1S/C26H32N4O3/c1-26(2)13-11-19(12-14-26)18-5-9-21(10-6-18)28-20-7-3-17(4-8-20)16-27-24(32)22-15-23(31)30-25(33)29-22/h3-10,19,22,28H,11-16H2,1-2H3,(H,27,32)(H2,29,30,31,33). The van der Waals surface area contributed by atoms with Gasteiger partial charge in [0.2, 0.25) is 11.8 Å². The van der Waals surface area contributed by atoms with Crippen LogP contribution in [0.1, 0.15) is 63.0 Å². The fourth-order valence-corrected chi connectivity index (χ4v) is 4.52. The van der Waals surface area contributed by atoms with Crippen LogP contribution < -0.4 is 21.3 Å². The third kappa shape index (κ3) is 6.12. The summed E-state index contributed by atoms with van der Waals surface area (Å²) < 4.78 is 0. The van der Waals surface area contributed by atoms with Gasteiger partial charge >= 0.3 is 6.03 Å². The van der Waals surface area contributed by atoms with E-state index in [1.807, 2.05) is 24.3 Å². The number of nitrogens with one attached hydrogen (secondary N) is 4. The predicted octanol–water partition coefficient (Wildman–Crippen LogP) is 4.33. The van der Waals surface area contributed by atoms with Crippen LogP contribution in [-0.4, -0.2) is 23.9 Å². The monoisotopic (exact) mass is 448 g/mol. The molecule has 1 atom stereocenters. The Balaban J connectivity index is 1.27. The molecule has 2 fully saturated rings. The van der Waals surface area contributed by atoms with E-state index in [0.717, 1.165) is 16.9 Å². The molecule has 4 amide bonds. The number of benzene rings is 2. The van der Waals surface area contributed by atoms with Gasteiger partial charge in [-0.05, 0) is 72.4 Å². The number of imide groups is 1. The van der Waals surface area contributed by atoms with Crippen molar-refractivity contribution in [1.29, 1.82) is 0 Å². The molecular weight excluding hydrogens is 416 g/mol. The lowest BCUT2D eigenvalue weighted by Gasteiger charge is -2.34. The summed E-state index contributed by atoms with van der Waals surface area (Å²) in [7, 11) is 0. The van der Waals surface area contributed by atoms with Gasteiger partial charge in [0.25, 0.3) is 0 Å². The molecule has 33 heavy (non-hydrogen) atoms. The Morgan fingerprint density at radius 2 is 1.58 bits per heavy atom. The van der Waals surface area contributed by atoms with Crippen molar-refractivity contribution in [3.8, 4) is 0 Å². The summed E-state index contributed by atoms with van der Waals surface area (Å²) in [6.07, 6.45) is 5.04. The lowest BCUT2D eigenvalue weighted by molar-refractivity contribution is -0.128. The van der Waals surface area contributed by atoms with Gasteiger partial charge in [-0.3, -0.25) is 14.9 Å². The molecule has 0 aromatic heterocycles. The number of hydrogen-bond acceptors (Lipinski definition) is 4. The van der Waals surface area contributed by atoms with Crippen LogP contribution in [0.4, 0.5) is 16.2 Å². The van der Waals surface area contributed by atoms with Crippen LogP contribution in [0.3, 0.4) is 0 Å². The maximum Gasteiger partial charge on any atom is 0.322 e. The van der Waals surface area contributed by atoms with Crippen molar-refractivity contribution >= 4 is 29.2 Å². The van der Waals surface area contributed by atoms with Crippen LogP contribution in [0.25, 0.3) is 0 Å². The maximum absolute atomic E-state index is 12.2. The summed E-state index contributed by atoms with van der Waals surface area (Å²) in [5.41, 5.74) is 4.84. The Bertz CT molecular complexity index is 989. The minimum atomic E-state index is -0.838. The molecule has 2 aliphatic rings. The molecule has 1 aliphatic heterocycles. The van der Waals surface area contributed by atoms with E-state index < -0.39 is 18.0 Å². The number of rotatable bonds is 6. The minimum absolute atomic E-state index is 0.0576. The van der Waals surface area contributed by atoms with Crippen molar-refractivity contribution in [1.82, 2.24) is 16.0 Å². The van der Waals surface area contributed by atoms with E-state index in [1.54, 1.807) is 0 Å². The lowest BCUT2D eigenvalue weighted by atomic mass is 9.71. The molecule has 7 nitrogen and oxygen atoms in total. The molecular formula is C26H32N4O3. The van der Waals surface area contributed by atoms with Crippen molar-refractivity contribution in [2.24, 2.45) is 5.41 Å². The number of amides is 4. The van der Waals surface area contributed by atoms with Crippen molar-refractivity contribution in [3.63, 3.8) is 0 Å². The van der Waals surface area contributed by atoms with Gasteiger partial charge in [0.1, 0.15) is 6.04 Å². The normalized spacial score (nSPS) is 20.5. The Morgan fingerprint density at radius 3 is 2.18 bits per heavy atom. The SMILES string of the molecule is CC1(C)CCC(c2ccc(Nc3ccc(CNC(=O)C4CC(=O)NC(=O)N4)cc3)cc2)CC1. The Kier molecular flexibility index (Phi) is 6.67. The zero-order valence-corrected chi connectivity index (χ0v) is 19.2. The second kappa shape index (κ2) is 9.65. The molecule has 1 aliphatic carbocycles. The summed E-state index contributed by atoms with van der Waals surface area (Å²) >= 11 is 0. The molecule has 1 unspecified atom stereocenters. The Morgan fingerprint density at radius 1 is 0.970 bits per heavy atom. The van der Waals surface area contributed by atoms with Crippen LogP contribution in [0.2, 0.25) is 0 Å². The van der Waals surface area contributed by atoms with E-state index >= 15 is 0 Å². The van der Waals surface area contributed by atoms with Gasteiger partial charge in [-0.15, -0.1) is 0 Å². The zero-order chi connectivity index (χ0) is 23.4. The zero-order valence-electron chi connectivity index (χ0n) is 19.2. The maximum atomic E-state index is 12.2. The summed E-state index contributed by atoms with van der Waals surface area (Å²) in [4.78, 5) is 35.0. The number of carbonyl (C=O) groups is 3. The number of anilines is 2. The molecule has 0 spiro atoms. The highest BCUT2D eigenvalue weighted by molar-refractivity contribution is 6.02. The van der Waals surface area contributed by atoms with Gasteiger partial charge in [0.15, 0.2) is 0 Å². The van der Waals surface area contributed by atoms with Crippen LogP contribution in [0, 0.1) is 5.41 Å². The number of carbonyl (C=O) groups excluding carboxylic acids is 3. The topological polar surface area (TPSA) is 99.3 Å². The van der Waals surface area contributed by atoms with Crippen LogP contribution in [0.15, 0.2) is 48.5 Å². The fourth-order valence-electron chi connectivity index (χ4n) is 4.52. The average molecular weight is 449 g/mol. The Hall–Kier alpha value is -3.35. The molecule has 4 rings (SSSR count). The van der Waals surface area contributed by atoms with Gasteiger partial charge in [0.05, 0.1) is 6.42 Å². The highest BCUT2D eigenvalue weighted by atomic mass is 16.2. The lowest BCUT2D eigenvalue weighted by Crippen LogP contribution is -2.57. The van der Waals surface area contributed by atoms with E-state index in [4.69, 9.17) is 0 Å². The van der Waals surface area contributed by atoms with E-state index in [1.165, 1.54) is 31.2 Å². The summed E-state index contributed by atoms with van der Waals surface area (Å²) in [5.74, 6) is -0.162. The first-order valence-corrected chi connectivity index (χ1v) is 11.6. The largest absolute Gasteiger partial charge is 0.356 e. The smallest absolute Gasteiger partial charge is 0.322 e. The molecule has 4 N–H and O–H groups in total. The van der Waals surface area contributed by atoms with Crippen molar-refractivity contribution in [2.45, 2.75) is 64.5 Å². The van der Waals surface area contributed by atoms with E-state index in [9.17, 15) is 14.4 Å². The Labute approximate surface area is 194 Å². The first-order chi connectivity index (χ1) is 15.8. The second-order valence-corrected chi connectivity index (χ2v) is 9.88. The summed E-state index contributed by atoms with van der Waals surface area (Å²) in [5, 5.41) is 10.8. The highest BCUT2D eigenvalue weighted by Gasteiger charge is 2.29. The predicted molar refractivity (Wildman–Crippen MR) is 128 cm³/mol. The molecule has 174 valence electrons. The van der Waals surface area contributed by atoms with Crippen molar-refractivity contribution in [3.05, 3.63) is 59.7 Å². The van der Waals surface area contributed by atoms with E-state index in [2.05, 4.69) is 59.4 Å². The molecule has 1 saturated heterocycles. The molecule has 2 aromatic rings. The van der Waals surface area contributed by atoms with Crippen molar-refractivity contribution in [2.75, 3.05) is 5.32 Å². The summed E-state index contributed by atoms with van der Waals surface area (Å²) in [6, 6.07) is 15.1. The third-order valence-corrected chi connectivity index (χ3v) is 6.69. The van der Waals surface area contributed by atoms with Gasteiger partial charge in [-0.25, -0.2) is 4.79 Å². The van der Waals surface area contributed by atoms with Gasteiger partial charge in [-0.2, -0.15) is 0 Å². The molecule has 0 radical (unpaired) electrons. The van der Waals surface area contributed by atoms with Crippen molar-refractivity contribution < 1.29 is 14.4 Å². The van der Waals surface area contributed by atoms with Crippen LogP contribution in [-0.2, 0) is 16.1 Å². The molecule has 0 bridgehead atoms. The van der Waals surface area contributed by atoms with Crippen LogP contribution in [0.5, 0.6) is 0 Å². The molecule has 1 saturated carbocycles. The van der Waals surface area contributed by atoms with Gasteiger partial charge in [0, 0.05) is 17.9 Å². The fraction of sp³-hybridized carbons (Fsp3) is 0.423. The molecule has 2 aromatic carbocycles. The van der Waals surface area contributed by atoms with Gasteiger partial charge < -0.3 is 16.0 Å².